The minimum Gasteiger partial charge on any atom is -0.333 e. The highest BCUT2D eigenvalue weighted by molar-refractivity contribution is 5.94. The molecule has 2 rings (SSSR count). The average Bonchev–Trinajstić information content (AvgIpc) is 2.64. The van der Waals surface area contributed by atoms with E-state index in [-0.39, 0.29) is 6.54 Å². The molecule has 0 fully saturated rings. The maximum atomic E-state index is 11.9. The zero-order valence-electron chi connectivity index (χ0n) is 12.0. The van der Waals surface area contributed by atoms with Gasteiger partial charge in [0.05, 0.1) is 6.20 Å². The lowest BCUT2D eigenvalue weighted by Crippen LogP contribution is -2.49. The second-order valence-corrected chi connectivity index (χ2v) is 5.50. The van der Waals surface area contributed by atoms with Crippen LogP contribution in [0, 0.1) is 0 Å². The van der Waals surface area contributed by atoms with Gasteiger partial charge in [0, 0.05) is 17.9 Å². The highest BCUT2D eigenvalue weighted by Gasteiger charge is 2.17. The molecule has 2 heterocycles. The molecule has 0 bridgehead atoms. The predicted molar refractivity (Wildman–Crippen MR) is 73.7 cm³/mol. The zero-order chi connectivity index (χ0) is 15.6. The number of carbonyl (C=O) groups excluding carboxylic acids is 2. The number of rotatable bonds is 2. The van der Waals surface area contributed by atoms with E-state index in [0.717, 1.165) is 4.68 Å². The van der Waals surface area contributed by atoms with Gasteiger partial charge in [-0.1, -0.05) is 0 Å². The summed E-state index contributed by atoms with van der Waals surface area (Å²) in [7, 11) is 0. The number of aromatic nitrogens is 4. The molecule has 21 heavy (non-hydrogen) atoms. The maximum absolute atomic E-state index is 11.9. The summed E-state index contributed by atoms with van der Waals surface area (Å²) in [5.74, 6) is -0.629. The second kappa shape index (κ2) is 5.35. The van der Waals surface area contributed by atoms with Gasteiger partial charge in [0.2, 0.25) is 5.91 Å². The van der Waals surface area contributed by atoms with Crippen molar-refractivity contribution < 1.29 is 9.59 Å². The molecule has 0 aliphatic rings. The zero-order valence-corrected chi connectivity index (χ0v) is 12.0. The largest absolute Gasteiger partial charge is 0.350 e. The van der Waals surface area contributed by atoms with E-state index in [4.69, 9.17) is 0 Å². The molecular formula is C12H16N6O3. The number of imide groups is 1. The van der Waals surface area contributed by atoms with Gasteiger partial charge in [-0.25, -0.2) is 18.7 Å². The summed E-state index contributed by atoms with van der Waals surface area (Å²) in [6, 6.07) is -0.619. The van der Waals surface area contributed by atoms with Crippen LogP contribution in [0.4, 0.5) is 4.79 Å². The van der Waals surface area contributed by atoms with Crippen LogP contribution in [0.15, 0.2) is 23.4 Å². The molecule has 0 unspecified atom stereocenters. The lowest BCUT2D eigenvalue weighted by Gasteiger charge is -2.20. The van der Waals surface area contributed by atoms with Gasteiger partial charge in [0.1, 0.15) is 6.54 Å². The molecule has 2 aromatic heterocycles. The fourth-order valence-electron chi connectivity index (χ4n) is 1.66. The van der Waals surface area contributed by atoms with Gasteiger partial charge in [-0.3, -0.25) is 15.1 Å². The van der Waals surface area contributed by atoms with Gasteiger partial charge in [-0.15, -0.1) is 5.10 Å². The SMILES string of the molecule is CC(C)(C)NC(=O)NC(=O)Cn1nc2cnccn2c1=O. The first kappa shape index (κ1) is 14.7. The number of nitrogens with one attached hydrogen (secondary N) is 2. The summed E-state index contributed by atoms with van der Waals surface area (Å²) in [6.45, 7) is 5.02. The quantitative estimate of drug-likeness (QED) is 0.776. The number of fused-ring (bicyclic) bond motifs is 1. The first-order valence-electron chi connectivity index (χ1n) is 6.27. The van der Waals surface area contributed by atoms with Crippen LogP contribution in [0.2, 0.25) is 0 Å². The number of amides is 3. The lowest BCUT2D eigenvalue weighted by molar-refractivity contribution is -0.120. The Kier molecular flexibility index (Phi) is 3.74. The van der Waals surface area contributed by atoms with E-state index in [2.05, 4.69) is 20.7 Å². The normalized spacial score (nSPS) is 11.4. The van der Waals surface area contributed by atoms with Gasteiger partial charge < -0.3 is 5.32 Å². The van der Waals surface area contributed by atoms with Crippen molar-refractivity contribution in [2.45, 2.75) is 32.9 Å². The summed E-state index contributed by atoms with van der Waals surface area (Å²) >= 11 is 0. The number of nitrogens with zero attached hydrogens (tertiary/aromatic N) is 4. The number of carbonyl (C=O) groups is 2. The van der Waals surface area contributed by atoms with Crippen molar-refractivity contribution in [2.24, 2.45) is 0 Å². The third kappa shape index (κ3) is 3.65. The van der Waals surface area contributed by atoms with Crippen molar-refractivity contribution in [3.63, 3.8) is 0 Å². The summed E-state index contributed by atoms with van der Waals surface area (Å²) in [5.41, 5.74) is -0.608. The van der Waals surface area contributed by atoms with Gasteiger partial charge in [-0.2, -0.15) is 0 Å². The van der Waals surface area contributed by atoms with Crippen molar-refractivity contribution in [3.8, 4) is 0 Å². The predicted octanol–water partition coefficient (Wildman–Crippen LogP) is -0.485. The molecule has 2 N–H and O–H groups in total. The Morgan fingerprint density at radius 2 is 2.05 bits per heavy atom. The lowest BCUT2D eigenvalue weighted by atomic mass is 10.1. The number of hydrogen-bond acceptors (Lipinski definition) is 5. The van der Waals surface area contributed by atoms with Crippen molar-refractivity contribution in [1.82, 2.24) is 29.8 Å². The molecule has 0 radical (unpaired) electrons. The maximum Gasteiger partial charge on any atom is 0.350 e. The molecule has 0 aliphatic heterocycles. The van der Waals surface area contributed by atoms with E-state index in [1.807, 2.05) is 0 Å². The molecule has 9 heteroatoms. The van der Waals surface area contributed by atoms with Crippen LogP contribution in [-0.4, -0.2) is 36.6 Å². The first-order valence-corrected chi connectivity index (χ1v) is 6.27. The summed E-state index contributed by atoms with van der Waals surface area (Å²) < 4.78 is 2.23. The van der Waals surface area contributed by atoms with Crippen LogP contribution in [0.1, 0.15) is 20.8 Å². The Bertz CT molecular complexity index is 739. The first-order chi connectivity index (χ1) is 9.76. The Morgan fingerprint density at radius 1 is 1.33 bits per heavy atom. The Labute approximate surface area is 120 Å². The third-order valence-corrected chi connectivity index (χ3v) is 2.42. The summed E-state index contributed by atoms with van der Waals surface area (Å²) in [5, 5.41) is 8.67. The Balaban J connectivity index is 2.07. The van der Waals surface area contributed by atoms with Crippen LogP contribution in [0.25, 0.3) is 5.65 Å². The Hall–Kier alpha value is -2.71. The standard InChI is InChI=1S/C12H16N6O3/c1-12(2,3)15-10(20)14-9(19)7-18-11(21)17-5-4-13-6-8(17)16-18/h4-6H,7H2,1-3H3,(H2,14,15,19,20). The van der Waals surface area contributed by atoms with Crippen LogP contribution >= 0.6 is 0 Å². The molecule has 0 atom stereocenters. The smallest absolute Gasteiger partial charge is 0.333 e. The fourth-order valence-corrected chi connectivity index (χ4v) is 1.66. The minimum absolute atomic E-state index is 0.328. The van der Waals surface area contributed by atoms with E-state index < -0.39 is 23.2 Å². The molecular weight excluding hydrogens is 276 g/mol. The number of urea groups is 1. The minimum atomic E-state index is -0.629. The number of hydrogen-bond donors (Lipinski definition) is 2. The van der Waals surface area contributed by atoms with Crippen LogP contribution < -0.4 is 16.3 Å². The van der Waals surface area contributed by atoms with E-state index in [0.29, 0.717) is 5.65 Å². The molecule has 0 aliphatic carbocycles. The molecule has 9 nitrogen and oxygen atoms in total. The molecule has 0 spiro atoms. The average molecular weight is 292 g/mol. The molecule has 0 saturated heterocycles. The van der Waals surface area contributed by atoms with Gasteiger partial charge in [0.25, 0.3) is 0 Å². The monoisotopic (exact) mass is 292 g/mol. The van der Waals surface area contributed by atoms with Crippen LogP contribution in [0.5, 0.6) is 0 Å². The fraction of sp³-hybridized carbons (Fsp3) is 0.417. The van der Waals surface area contributed by atoms with Crippen molar-refractivity contribution in [2.75, 3.05) is 0 Å². The van der Waals surface area contributed by atoms with Gasteiger partial charge in [-0.05, 0) is 20.8 Å². The van der Waals surface area contributed by atoms with Crippen LogP contribution in [0.3, 0.4) is 0 Å². The highest BCUT2D eigenvalue weighted by Crippen LogP contribution is 1.97. The summed E-state index contributed by atoms with van der Waals surface area (Å²) in [6.07, 6.45) is 4.30. The van der Waals surface area contributed by atoms with Gasteiger partial charge in [0.15, 0.2) is 5.65 Å². The topological polar surface area (TPSA) is 110 Å². The van der Waals surface area contributed by atoms with E-state index >= 15 is 0 Å². The molecule has 3 amide bonds. The molecule has 112 valence electrons. The second-order valence-electron chi connectivity index (χ2n) is 5.50. The highest BCUT2D eigenvalue weighted by atomic mass is 16.2. The van der Waals surface area contributed by atoms with E-state index in [1.165, 1.54) is 23.0 Å². The molecule has 0 aromatic carbocycles. The van der Waals surface area contributed by atoms with Gasteiger partial charge >= 0.3 is 11.7 Å². The van der Waals surface area contributed by atoms with Crippen molar-refractivity contribution in [3.05, 3.63) is 29.1 Å². The molecule has 0 saturated carbocycles. The Morgan fingerprint density at radius 3 is 2.67 bits per heavy atom. The van der Waals surface area contributed by atoms with E-state index in [1.54, 1.807) is 20.8 Å². The van der Waals surface area contributed by atoms with E-state index in [9.17, 15) is 14.4 Å². The van der Waals surface area contributed by atoms with Crippen molar-refractivity contribution in [1.29, 1.82) is 0 Å². The third-order valence-electron chi connectivity index (χ3n) is 2.42. The summed E-state index contributed by atoms with van der Waals surface area (Å²) in [4.78, 5) is 39.1. The molecule has 2 aromatic rings. The van der Waals surface area contributed by atoms with Crippen molar-refractivity contribution >= 4 is 17.6 Å². The van der Waals surface area contributed by atoms with Crippen LogP contribution in [-0.2, 0) is 11.3 Å².